The third kappa shape index (κ3) is 3.53. The molecular formula is C18H12F2N4O. The smallest absolute Gasteiger partial charge is 0.255 e. The largest absolute Gasteiger partial charge is 0.332 e. The number of benzene rings is 2. The first-order chi connectivity index (χ1) is 12.1. The number of nitriles is 1. The van der Waals surface area contributed by atoms with Crippen LogP contribution in [0.4, 0.5) is 8.78 Å². The molecule has 0 aliphatic carbocycles. The summed E-state index contributed by atoms with van der Waals surface area (Å²) in [5.74, 6) is -2.48. The van der Waals surface area contributed by atoms with E-state index in [1.165, 1.54) is 6.20 Å². The Labute approximate surface area is 142 Å². The molecule has 1 heterocycles. The van der Waals surface area contributed by atoms with Crippen LogP contribution in [0.25, 0.3) is 5.69 Å². The van der Waals surface area contributed by atoms with Gasteiger partial charge in [-0.3, -0.25) is 4.79 Å². The second-order valence-corrected chi connectivity index (χ2v) is 5.21. The van der Waals surface area contributed by atoms with Gasteiger partial charge in [-0.25, -0.2) is 13.5 Å². The molecule has 1 N–H and O–H groups in total. The maximum Gasteiger partial charge on any atom is 0.255 e. The molecule has 0 aliphatic heterocycles. The molecule has 1 atom stereocenters. The molecule has 2 aromatic carbocycles. The summed E-state index contributed by atoms with van der Waals surface area (Å²) in [5, 5.41) is 15.8. The van der Waals surface area contributed by atoms with Gasteiger partial charge < -0.3 is 5.32 Å². The highest BCUT2D eigenvalue weighted by atomic mass is 19.1. The number of amides is 1. The Bertz CT molecular complexity index is 947. The topological polar surface area (TPSA) is 70.7 Å². The fraction of sp³-hybridized carbons (Fsp3) is 0.0556. The lowest BCUT2D eigenvalue weighted by Crippen LogP contribution is -2.28. The molecule has 3 aromatic rings. The van der Waals surface area contributed by atoms with Gasteiger partial charge in [-0.1, -0.05) is 18.2 Å². The number of carbonyl (C=O) groups is 1. The Hall–Kier alpha value is -3.53. The molecule has 7 heteroatoms. The molecule has 5 nitrogen and oxygen atoms in total. The molecule has 0 saturated carbocycles. The molecule has 0 fully saturated rings. The van der Waals surface area contributed by atoms with Gasteiger partial charge in [0.2, 0.25) is 0 Å². The minimum Gasteiger partial charge on any atom is -0.332 e. The van der Waals surface area contributed by atoms with E-state index >= 15 is 0 Å². The Kier molecular flexibility index (Phi) is 4.53. The summed E-state index contributed by atoms with van der Waals surface area (Å²) >= 11 is 0. The van der Waals surface area contributed by atoms with Crippen LogP contribution in [0, 0.1) is 23.0 Å². The van der Waals surface area contributed by atoms with Crippen LogP contribution in [-0.2, 0) is 0 Å². The van der Waals surface area contributed by atoms with Crippen LogP contribution in [0.15, 0.2) is 60.9 Å². The molecule has 1 aromatic heterocycles. The number of carbonyl (C=O) groups excluding carboxylic acids is 1. The van der Waals surface area contributed by atoms with E-state index in [0.717, 1.165) is 23.9 Å². The predicted molar refractivity (Wildman–Crippen MR) is 85.7 cm³/mol. The first kappa shape index (κ1) is 16.3. The van der Waals surface area contributed by atoms with Gasteiger partial charge in [0.15, 0.2) is 0 Å². The van der Waals surface area contributed by atoms with E-state index in [-0.39, 0.29) is 0 Å². The van der Waals surface area contributed by atoms with E-state index in [9.17, 15) is 18.8 Å². The van der Waals surface area contributed by atoms with E-state index in [1.54, 1.807) is 10.9 Å². The average Bonchev–Trinajstić information content (AvgIpc) is 3.12. The summed E-state index contributed by atoms with van der Waals surface area (Å²) in [6.45, 7) is 0. The average molecular weight is 338 g/mol. The zero-order valence-corrected chi connectivity index (χ0v) is 12.9. The predicted octanol–water partition coefficient (Wildman–Crippen LogP) is 3.15. The van der Waals surface area contributed by atoms with Gasteiger partial charge in [-0.15, -0.1) is 0 Å². The van der Waals surface area contributed by atoms with E-state index in [1.807, 2.05) is 36.4 Å². The molecule has 0 unspecified atom stereocenters. The maximum atomic E-state index is 13.7. The summed E-state index contributed by atoms with van der Waals surface area (Å²) in [4.78, 5) is 12.1. The van der Waals surface area contributed by atoms with Crippen LogP contribution in [0.3, 0.4) is 0 Å². The molecule has 124 valence electrons. The van der Waals surface area contributed by atoms with E-state index in [4.69, 9.17) is 0 Å². The van der Waals surface area contributed by atoms with Gasteiger partial charge >= 0.3 is 0 Å². The number of halogens is 2. The monoisotopic (exact) mass is 338 g/mol. The maximum absolute atomic E-state index is 13.7. The number of hydrogen-bond acceptors (Lipinski definition) is 3. The van der Waals surface area contributed by atoms with Crippen molar-refractivity contribution < 1.29 is 13.6 Å². The summed E-state index contributed by atoms with van der Waals surface area (Å²) in [6, 6.07) is 12.6. The van der Waals surface area contributed by atoms with Crippen LogP contribution in [-0.4, -0.2) is 15.7 Å². The minimum atomic E-state index is -1.05. The zero-order valence-electron chi connectivity index (χ0n) is 12.9. The van der Waals surface area contributed by atoms with E-state index in [2.05, 4.69) is 10.4 Å². The van der Waals surface area contributed by atoms with Gasteiger partial charge in [0.25, 0.3) is 5.91 Å². The summed E-state index contributed by atoms with van der Waals surface area (Å²) in [5.41, 5.74) is 0.750. The lowest BCUT2D eigenvalue weighted by molar-refractivity contribution is 0.0940. The highest BCUT2D eigenvalue weighted by molar-refractivity contribution is 5.94. The van der Waals surface area contributed by atoms with Crippen molar-refractivity contribution in [3.05, 3.63) is 83.7 Å². The van der Waals surface area contributed by atoms with Gasteiger partial charge in [-0.2, -0.15) is 10.4 Å². The van der Waals surface area contributed by atoms with Crippen LogP contribution < -0.4 is 5.32 Å². The van der Waals surface area contributed by atoms with Gasteiger partial charge in [-0.05, 0) is 30.3 Å². The first-order valence-electron chi connectivity index (χ1n) is 7.34. The van der Waals surface area contributed by atoms with Crippen molar-refractivity contribution in [2.24, 2.45) is 0 Å². The lowest BCUT2D eigenvalue weighted by Gasteiger charge is -2.10. The van der Waals surface area contributed by atoms with Crippen molar-refractivity contribution in [3.63, 3.8) is 0 Å². The van der Waals surface area contributed by atoms with Gasteiger partial charge in [0.1, 0.15) is 17.7 Å². The number of rotatable bonds is 4. The summed E-state index contributed by atoms with van der Waals surface area (Å²) in [6.07, 6.45) is 3.02. The van der Waals surface area contributed by atoms with Crippen LogP contribution in [0.1, 0.15) is 22.0 Å². The van der Waals surface area contributed by atoms with E-state index in [0.29, 0.717) is 5.56 Å². The van der Waals surface area contributed by atoms with Crippen LogP contribution in [0.5, 0.6) is 0 Å². The quantitative estimate of drug-likeness (QED) is 0.794. The number of hydrogen-bond donors (Lipinski definition) is 1. The Balaban J connectivity index is 1.82. The van der Waals surface area contributed by atoms with Crippen molar-refractivity contribution in [1.82, 2.24) is 15.1 Å². The molecular weight excluding hydrogens is 326 g/mol. The van der Waals surface area contributed by atoms with Gasteiger partial charge in [0, 0.05) is 11.8 Å². The molecule has 1 amide bonds. The Morgan fingerprint density at radius 2 is 1.96 bits per heavy atom. The highest BCUT2D eigenvalue weighted by Gasteiger charge is 2.20. The van der Waals surface area contributed by atoms with Crippen molar-refractivity contribution in [3.8, 4) is 11.8 Å². The molecule has 0 saturated heterocycles. The molecule has 0 spiro atoms. The van der Waals surface area contributed by atoms with Crippen molar-refractivity contribution in [2.75, 3.05) is 0 Å². The second kappa shape index (κ2) is 6.93. The van der Waals surface area contributed by atoms with Crippen molar-refractivity contribution in [1.29, 1.82) is 5.26 Å². The zero-order chi connectivity index (χ0) is 17.8. The molecule has 3 rings (SSSR count). The number of aromatic nitrogens is 2. The number of nitrogens with zero attached hydrogens (tertiary/aromatic N) is 3. The first-order valence-corrected chi connectivity index (χ1v) is 7.34. The standard InChI is InChI=1S/C18H12F2N4O/c19-13-6-7-16(20)15(8-13)18(25)23-17(9-21)12-10-22-24(11-12)14-4-2-1-3-5-14/h1-8,10-11,17H,(H,23,25)/t17-/m1/s1. The minimum absolute atomic E-state index is 0.427. The van der Waals surface area contributed by atoms with Crippen molar-refractivity contribution in [2.45, 2.75) is 6.04 Å². The normalized spacial score (nSPS) is 11.6. The Morgan fingerprint density at radius 1 is 1.20 bits per heavy atom. The highest BCUT2D eigenvalue weighted by Crippen LogP contribution is 2.16. The van der Waals surface area contributed by atoms with E-state index < -0.39 is 29.1 Å². The van der Waals surface area contributed by atoms with Gasteiger partial charge in [0.05, 0.1) is 23.5 Å². The number of nitrogens with one attached hydrogen (secondary N) is 1. The van der Waals surface area contributed by atoms with Crippen LogP contribution >= 0.6 is 0 Å². The summed E-state index contributed by atoms with van der Waals surface area (Å²) < 4.78 is 28.4. The molecule has 0 bridgehead atoms. The number of para-hydroxylation sites is 1. The molecule has 25 heavy (non-hydrogen) atoms. The van der Waals surface area contributed by atoms with Crippen molar-refractivity contribution >= 4 is 5.91 Å². The fourth-order valence-corrected chi connectivity index (χ4v) is 2.28. The molecule has 0 radical (unpaired) electrons. The fourth-order valence-electron chi connectivity index (χ4n) is 2.28. The Morgan fingerprint density at radius 3 is 2.68 bits per heavy atom. The lowest BCUT2D eigenvalue weighted by atomic mass is 10.1. The third-order valence-electron chi connectivity index (χ3n) is 3.53. The molecule has 0 aliphatic rings. The SMILES string of the molecule is N#C[C@@H](NC(=O)c1cc(F)ccc1F)c1cnn(-c2ccccc2)c1. The van der Waals surface area contributed by atoms with Crippen LogP contribution in [0.2, 0.25) is 0 Å². The summed E-state index contributed by atoms with van der Waals surface area (Å²) in [7, 11) is 0. The second-order valence-electron chi connectivity index (χ2n) is 5.21. The third-order valence-corrected chi connectivity index (χ3v) is 3.53.